The molecule has 0 radical (unpaired) electrons. The summed E-state index contributed by atoms with van der Waals surface area (Å²) in [6.45, 7) is 5.78. The van der Waals surface area contributed by atoms with Gasteiger partial charge in [0.25, 0.3) is 0 Å². The highest BCUT2D eigenvalue weighted by Gasteiger charge is 2.30. The zero-order valence-electron chi connectivity index (χ0n) is 9.49. The first kappa shape index (κ1) is 11.8. The van der Waals surface area contributed by atoms with E-state index in [0.717, 1.165) is 15.2 Å². The van der Waals surface area contributed by atoms with Gasteiger partial charge in [-0.25, -0.2) is 4.98 Å². The molecule has 0 saturated heterocycles. The van der Waals surface area contributed by atoms with Crippen LogP contribution in [0.2, 0.25) is 5.02 Å². The van der Waals surface area contributed by atoms with E-state index in [9.17, 15) is 5.11 Å². The van der Waals surface area contributed by atoms with E-state index in [4.69, 9.17) is 11.6 Å². The Morgan fingerprint density at radius 3 is 2.75 bits per heavy atom. The van der Waals surface area contributed by atoms with E-state index in [0.29, 0.717) is 5.02 Å². The Hall–Kier alpha value is -0.640. The fourth-order valence-corrected chi connectivity index (χ4v) is 2.65. The molecule has 4 heteroatoms. The molecule has 16 heavy (non-hydrogen) atoms. The first-order valence-corrected chi connectivity index (χ1v) is 6.35. The van der Waals surface area contributed by atoms with Crippen molar-refractivity contribution >= 4 is 33.2 Å². The highest BCUT2D eigenvalue weighted by molar-refractivity contribution is 7.18. The van der Waals surface area contributed by atoms with Crippen molar-refractivity contribution in [3.8, 4) is 0 Å². The summed E-state index contributed by atoms with van der Waals surface area (Å²) in [5.74, 6) is 0. The Bertz CT molecular complexity index is 519. The molecule has 1 aromatic heterocycles. The van der Waals surface area contributed by atoms with Gasteiger partial charge >= 0.3 is 0 Å². The van der Waals surface area contributed by atoms with E-state index in [-0.39, 0.29) is 5.41 Å². The van der Waals surface area contributed by atoms with Crippen molar-refractivity contribution in [1.29, 1.82) is 0 Å². The minimum Gasteiger partial charge on any atom is -0.392 e. The van der Waals surface area contributed by atoms with Gasteiger partial charge in [-0.05, 0) is 25.1 Å². The molecule has 0 aliphatic rings. The van der Waals surface area contributed by atoms with Crippen LogP contribution in [-0.4, -0.2) is 16.2 Å². The summed E-state index contributed by atoms with van der Waals surface area (Å²) >= 11 is 7.53. The molecule has 0 fully saturated rings. The Morgan fingerprint density at radius 1 is 1.44 bits per heavy atom. The fraction of sp³-hybridized carbons (Fsp3) is 0.417. The SMILES string of the molecule is CC(O)C(C)(C)c1nc2cc(Cl)ccc2s1. The minimum absolute atomic E-state index is 0.323. The van der Waals surface area contributed by atoms with Crippen LogP contribution in [0.15, 0.2) is 18.2 Å². The van der Waals surface area contributed by atoms with Crippen LogP contribution in [0.25, 0.3) is 10.2 Å². The molecule has 0 bridgehead atoms. The maximum absolute atomic E-state index is 9.75. The van der Waals surface area contributed by atoms with Crippen LogP contribution in [0.4, 0.5) is 0 Å². The van der Waals surface area contributed by atoms with Crippen LogP contribution < -0.4 is 0 Å². The van der Waals surface area contributed by atoms with E-state index in [1.54, 1.807) is 18.3 Å². The number of nitrogens with zero attached hydrogens (tertiary/aromatic N) is 1. The lowest BCUT2D eigenvalue weighted by Gasteiger charge is -2.24. The number of aliphatic hydroxyl groups is 1. The number of benzene rings is 1. The summed E-state index contributed by atoms with van der Waals surface area (Å²) in [6.07, 6.45) is -0.427. The summed E-state index contributed by atoms with van der Waals surface area (Å²) in [5.41, 5.74) is 0.581. The molecule has 86 valence electrons. The highest BCUT2D eigenvalue weighted by atomic mass is 35.5. The molecule has 1 aromatic carbocycles. The van der Waals surface area contributed by atoms with Crippen molar-refractivity contribution in [3.63, 3.8) is 0 Å². The number of rotatable bonds is 2. The third-order valence-corrected chi connectivity index (χ3v) is 4.56. The van der Waals surface area contributed by atoms with E-state index in [1.807, 2.05) is 32.0 Å². The van der Waals surface area contributed by atoms with Crippen LogP contribution in [0, 0.1) is 0 Å². The Labute approximate surface area is 104 Å². The zero-order chi connectivity index (χ0) is 11.9. The molecule has 0 spiro atoms. The summed E-state index contributed by atoms with van der Waals surface area (Å²) in [5, 5.41) is 11.4. The van der Waals surface area contributed by atoms with Gasteiger partial charge in [-0.1, -0.05) is 25.4 Å². The second-order valence-corrected chi connectivity index (χ2v) is 6.00. The molecule has 0 saturated carbocycles. The number of aliphatic hydroxyl groups excluding tert-OH is 1. The topological polar surface area (TPSA) is 33.1 Å². The average molecular weight is 256 g/mol. The van der Waals surface area contributed by atoms with Crippen molar-refractivity contribution in [1.82, 2.24) is 4.98 Å². The number of halogens is 1. The zero-order valence-corrected chi connectivity index (χ0v) is 11.1. The lowest BCUT2D eigenvalue weighted by atomic mass is 9.88. The number of fused-ring (bicyclic) bond motifs is 1. The number of hydrogen-bond donors (Lipinski definition) is 1. The molecule has 2 rings (SSSR count). The predicted octanol–water partition coefficient (Wildman–Crippen LogP) is 3.61. The second-order valence-electron chi connectivity index (χ2n) is 4.53. The molecule has 1 heterocycles. The predicted molar refractivity (Wildman–Crippen MR) is 69.3 cm³/mol. The maximum Gasteiger partial charge on any atom is 0.102 e. The molecule has 0 amide bonds. The average Bonchev–Trinajstić information content (AvgIpc) is 2.60. The van der Waals surface area contributed by atoms with Crippen molar-refractivity contribution in [2.45, 2.75) is 32.3 Å². The molecule has 1 atom stereocenters. The monoisotopic (exact) mass is 255 g/mol. The smallest absolute Gasteiger partial charge is 0.102 e. The van der Waals surface area contributed by atoms with Gasteiger partial charge < -0.3 is 5.11 Å². The van der Waals surface area contributed by atoms with Gasteiger partial charge in [0, 0.05) is 10.4 Å². The fourth-order valence-electron chi connectivity index (χ4n) is 1.35. The molecule has 1 N–H and O–H groups in total. The number of thiazole rings is 1. The maximum atomic E-state index is 9.75. The third-order valence-electron chi connectivity index (χ3n) is 2.95. The molecule has 0 aliphatic carbocycles. The minimum atomic E-state index is -0.427. The van der Waals surface area contributed by atoms with Gasteiger partial charge in [0.05, 0.1) is 16.3 Å². The van der Waals surface area contributed by atoms with Crippen molar-refractivity contribution < 1.29 is 5.11 Å². The van der Waals surface area contributed by atoms with Crippen LogP contribution in [0.5, 0.6) is 0 Å². The van der Waals surface area contributed by atoms with Crippen LogP contribution in [-0.2, 0) is 5.41 Å². The van der Waals surface area contributed by atoms with Gasteiger partial charge in [-0.2, -0.15) is 0 Å². The first-order valence-electron chi connectivity index (χ1n) is 5.16. The van der Waals surface area contributed by atoms with E-state index in [1.165, 1.54) is 0 Å². The van der Waals surface area contributed by atoms with Crippen molar-refractivity contribution in [2.24, 2.45) is 0 Å². The summed E-state index contributed by atoms with van der Waals surface area (Å²) in [6, 6.07) is 5.69. The lowest BCUT2D eigenvalue weighted by Crippen LogP contribution is -2.30. The van der Waals surface area contributed by atoms with E-state index < -0.39 is 6.10 Å². The van der Waals surface area contributed by atoms with Gasteiger partial charge in [0.2, 0.25) is 0 Å². The molecule has 2 nitrogen and oxygen atoms in total. The standard InChI is InChI=1S/C12H14ClNOS/c1-7(15)12(2,3)11-14-9-6-8(13)4-5-10(9)16-11/h4-7,15H,1-3H3. The van der Waals surface area contributed by atoms with Crippen LogP contribution in [0.1, 0.15) is 25.8 Å². The summed E-state index contributed by atoms with van der Waals surface area (Å²) in [4.78, 5) is 4.54. The second kappa shape index (κ2) is 3.99. The molecule has 0 aliphatic heterocycles. The molecular weight excluding hydrogens is 242 g/mol. The lowest BCUT2D eigenvalue weighted by molar-refractivity contribution is 0.118. The normalized spacial score (nSPS) is 14.3. The van der Waals surface area contributed by atoms with Gasteiger partial charge in [0.15, 0.2) is 0 Å². The van der Waals surface area contributed by atoms with Crippen molar-refractivity contribution in [2.75, 3.05) is 0 Å². The van der Waals surface area contributed by atoms with Crippen LogP contribution >= 0.6 is 22.9 Å². The van der Waals surface area contributed by atoms with Crippen LogP contribution in [0.3, 0.4) is 0 Å². The number of aromatic nitrogens is 1. The summed E-state index contributed by atoms with van der Waals surface area (Å²) < 4.78 is 1.10. The quantitative estimate of drug-likeness (QED) is 0.889. The third kappa shape index (κ3) is 1.95. The summed E-state index contributed by atoms with van der Waals surface area (Å²) in [7, 11) is 0. The Morgan fingerprint density at radius 2 is 2.12 bits per heavy atom. The molecule has 2 aromatic rings. The van der Waals surface area contributed by atoms with Crippen molar-refractivity contribution in [3.05, 3.63) is 28.2 Å². The highest BCUT2D eigenvalue weighted by Crippen LogP contribution is 2.34. The first-order chi connectivity index (χ1) is 7.41. The Balaban J connectivity index is 2.55. The van der Waals surface area contributed by atoms with Gasteiger partial charge in [-0.15, -0.1) is 11.3 Å². The van der Waals surface area contributed by atoms with Gasteiger partial charge in [-0.3, -0.25) is 0 Å². The molecule has 1 unspecified atom stereocenters. The number of hydrogen-bond acceptors (Lipinski definition) is 3. The Kier molecular flexibility index (Phi) is 2.95. The largest absolute Gasteiger partial charge is 0.392 e. The molecular formula is C12H14ClNOS. The van der Waals surface area contributed by atoms with E-state index in [2.05, 4.69) is 4.98 Å². The van der Waals surface area contributed by atoms with Gasteiger partial charge in [0.1, 0.15) is 5.01 Å². The van der Waals surface area contributed by atoms with E-state index >= 15 is 0 Å².